The number of hydrogen-bond acceptors (Lipinski definition) is 12. The van der Waals surface area contributed by atoms with Crippen LogP contribution >= 0.6 is 0 Å². The molecule has 5 aliphatic rings. The van der Waals surface area contributed by atoms with Gasteiger partial charge in [-0.2, -0.15) is 0 Å². The molecule has 3 aromatic rings. The summed E-state index contributed by atoms with van der Waals surface area (Å²) in [4.78, 5) is 82.7. The summed E-state index contributed by atoms with van der Waals surface area (Å²) in [5.41, 5.74) is 7.27. The molecular weight excluding hydrogens is 919 g/mol. The molecular formula is C54H77N9O9. The van der Waals surface area contributed by atoms with Crippen molar-refractivity contribution in [3.05, 3.63) is 60.4 Å². The fourth-order valence-electron chi connectivity index (χ4n) is 11.7. The molecule has 2 aromatic heterocycles. The van der Waals surface area contributed by atoms with Crippen LogP contribution in [0, 0.1) is 11.3 Å². The summed E-state index contributed by atoms with van der Waals surface area (Å²) in [5, 5.41) is 5.65. The Hall–Kier alpha value is -5.56. The van der Waals surface area contributed by atoms with Gasteiger partial charge >= 0.3 is 12.0 Å². The lowest BCUT2D eigenvalue weighted by Crippen LogP contribution is -2.64. The zero-order chi connectivity index (χ0) is 51.7. The fourth-order valence-corrected chi connectivity index (χ4v) is 11.7. The van der Waals surface area contributed by atoms with Gasteiger partial charge in [0.2, 0.25) is 11.8 Å². The number of cyclic esters (lactones) is 1. The molecule has 18 heteroatoms. The van der Waals surface area contributed by atoms with Crippen molar-refractivity contribution < 1.29 is 42.9 Å². The van der Waals surface area contributed by atoms with E-state index in [1.807, 2.05) is 33.8 Å². The van der Waals surface area contributed by atoms with Gasteiger partial charge in [0.05, 0.1) is 55.1 Å². The van der Waals surface area contributed by atoms with Gasteiger partial charge in [0, 0.05) is 100 Å². The number of nitrogens with one attached hydrogen (secondary N) is 2. The third-order valence-corrected chi connectivity index (χ3v) is 15.5. The number of aryl methyl sites for hydroxylation is 1. The maximum absolute atomic E-state index is 15.0. The first-order valence-electron chi connectivity index (χ1n) is 25.9. The number of hydrogen-bond donors (Lipinski definition) is 2. The van der Waals surface area contributed by atoms with Crippen molar-refractivity contribution in [2.45, 2.75) is 129 Å². The summed E-state index contributed by atoms with van der Waals surface area (Å²) in [7, 11) is 3.32. The highest BCUT2D eigenvalue weighted by atomic mass is 16.5. The first kappa shape index (κ1) is 52.8. The van der Waals surface area contributed by atoms with E-state index in [0.29, 0.717) is 97.7 Å². The zero-order valence-electron chi connectivity index (χ0n) is 44.0. The Labute approximate surface area is 424 Å². The molecule has 5 amide bonds. The van der Waals surface area contributed by atoms with Gasteiger partial charge in [-0.25, -0.2) is 10.2 Å². The van der Waals surface area contributed by atoms with Gasteiger partial charge in [0.25, 0.3) is 5.91 Å². The second kappa shape index (κ2) is 21.5. The first-order valence-corrected chi connectivity index (χ1v) is 25.9. The Morgan fingerprint density at radius 1 is 1.01 bits per heavy atom. The molecule has 5 atom stereocenters. The molecule has 2 N–H and O–H groups in total. The van der Waals surface area contributed by atoms with E-state index in [0.717, 1.165) is 39.1 Å². The smallest absolute Gasteiger partial charge is 0.324 e. The summed E-state index contributed by atoms with van der Waals surface area (Å²) >= 11 is 0. The number of fused-ring (bicyclic) bond motifs is 6. The maximum atomic E-state index is 15.0. The lowest BCUT2D eigenvalue weighted by atomic mass is 9.84. The van der Waals surface area contributed by atoms with Gasteiger partial charge in [0.1, 0.15) is 18.1 Å². The third kappa shape index (κ3) is 10.9. The number of rotatable bonds is 9. The summed E-state index contributed by atoms with van der Waals surface area (Å²) in [5.74, 6) is -1.80. The highest BCUT2D eigenvalue weighted by molar-refractivity contribution is 5.95. The number of benzene rings is 1. The number of ether oxygens (including phenoxy) is 4. The van der Waals surface area contributed by atoms with Crippen molar-refractivity contribution in [2.24, 2.45) is 11.3 Å². The van der Waals surface area contributed by atoms with E-state index >= 15 is 0 Å². The van der Waals surface area contributed by atoms with Crippen molar-refractivity contribution in [1.29, 1.82) is 0 Å². The molecule has 7 heterocycles. The first-order chi connectivity index (χ1) is 34.3. The summed E-state index contributed by atoms with van der Waals surface area (Å²) in [6.45, 7) is 22.4. The van der Waals surface area contributed by atoms with Crippen LogP contribution in [0.5, 0.6) is 0 Å². The third-order valence-electron chi connectivity index (χ3n) is 15.5. The number of anilines is 1. The van der Waals surface area contributed by atoms with Crippen molar-refractivity contribution >= 4 is 46.3 Å². The molecule has 4 fully saturated rings. The molecule has 72 heavy (non-hydrogen) atoms. The summed E-state index contributed by atoms with van der Waals surface area (Å²) < 4.78 is 27.2. The number of likely N-dealkylation sites (tertiary alicyclic amines) is 1. The molecule has 5 aliphatic heterocycles. The number of morpholine rings is 2. The number of amides is 5. The molecule has 18 nitrogen and oxygen atoms in total. The minimum absolute atomic E-state index is 0.114. The van der Waals surface area contributed by atoms with Crippen molar-refractivity contribution in [3.8, 4) is 11.3 Å². The number of carbonyl (C=O) groups is 5. The van der Waals surface area contributed by atoms with E-state index in [-0.39, 0.29) is 37.0 Å². The minimum atomic E-state index is -1.09. The standard InChI is InChI=1S/C54H77N9O9/c1-11-44(64)61-26-28-72-54(33-61)19-23-59(24-20-54)51(68)58(9)46(35(3)4)48(65)56-42-31-53(8)32-60(25-27-71-53)37-17-18-43-39(29-37)40(47(62(43)12-2)38-15-13-21-55-45(38)36(5)69-10)30-52(6,7)34-70-50(67)41-16-14-22-63(57-41)49(42)66/h11,13,15,17-18,21,29,35-36,41-42,46,57H,1,12,14,16,19-20,22-28,30-34H2,2-10H3,(H,56,65)/t36-,41-,42-,46-,53-/m0/s1. The quantitative estimate of drug-likeness (QED) is 0.204. The van der Waals surface area contributed by atoms with E-state index in [1.54, 1.807) is 30.2 Å². The number of urea groups is 1. The second-order valence-corrected chi connectivity index (χ2v) is 21.9. The Bertz CT molecular complexity index is 2520. The van der Waals surface area contributed by atoms with Crippen LogP contribution in [0.25, 0.3) is 22.2 Å². The Balaban J connectivity index is 1.10. The highest BCUT2D eigenvalue weighted by Gasteiger charge is 2.45. The highest BCUT2D eigenvalue weighted by Crippen LogP contribution is 2.42. The second-order valence-electron chi connectivity index (χ2n) is 21.9. The number of piperidine rings is 1. The lowest BCUT2D eigenvalue weighted by molar-refractivity contribution is -0.156. The molecule has 1 aromatic carbocycles. The maximum Gasteiger partial charge on any atom is 0.324 e. The summed E-state index contributed by atoms with van der Waals surface area (Å²) in [6.07, 6.45) is 5.64. The van der Waals surface area contributed by atoms with Gasteiger partial charge in [-0.05, 0) is 101 Å². The molecule has 0 unspecified atom stereocenters. The molecule has 1 spiro atoms. The molecule has 0 saturated carbocycles. The number of methoxy groups -OCH3 is 1. The molecule has 4 saturated heterocycles. The van der Waals surface area contributed by atoms with Gasteiger partial charge in [-0.3, -0.25) is 29.2 Å². The topological polar surface area (TPSA) is 180 Å². The van der Waals surface area contributed by atoms with Crippen LogP contribution < -0.4 is 15.6 Å². The van der Waals surface area contributed by atoms with Crippen molar-refractivity contribution in [1.82, 2.24) is 40.0 Å². The van der Waals surface area contributed by atoms with E-state index in [9.17, 15) is 24.0 Å². The average Bonchev–Trinajstić information content (AvgIpc) is 3.67. The van der Waals surface area contributed by atoms with E-state index in [2.05, 4.69) is 71.8 Å². The predicted molar refractivity (Wildman–Crippen MR) is 274 cm³/mol. The molecule has 6 bridgehead atoms. The fraction of sp³-hybridized carbons (Fsp3) is 0.630. The van der Waals surface area contributed by atoms with Crippen LogP contribution in [-0.2, 0) is 51.1 Å². The van der Waals surface area contributed by atoms with Crippen LogP contribution in [0.3, 0.4) is 0 Å². The van der Waals surface area contributed by atoms with E-state index in [1.165, 1.54) is 16.0 Å². The number of nitrogens with zero attached hydrogens (tertiary/aromatic N) is 7. The zero-order valence-corrected chi connectivity index (χ0v) is 44.0. The number of hydrazine groups is 1. The monoisotopic (exact) mass is 996 g/mol. The van der Waals surface area contributed by atoms with E-state index in [4.69, 9.17) is 23.9 Å². The van der Waals surface area contributed by atoms with Gasteiger partial charge < -0.3 is 48.4 Å². The predicted octanol–water partition coefficient (Wildman–Crippen LogP) is 5.48. The van der Waals surface area contributed by atoms with Gasteiger partial charge in [0.15, 0.2) is 0 Å². The van der Waals surface area contributed by atoms with Gasteiger partial charge in [-0.15, -0.1) is 0 Å². The van der Waals surface area contributed by atoms with E-state index < -0.39 is 52.5 Å². The van der Waals surface area contributed by atoms with Crippen LogP contribution in [0.4, 0.5) is 10.5 Å². The Morgan fingerprint density at radius 2 is 1.76 bits per heavy atom. The SMILES string of the molecule is C=CC(=O)N1CCOC2(CCN(C(=O)N(C)[C@H](C(=O)N[C@H]3C[C@@]4(C)CN(CCO4)c4ccc5c(c4)c(c(-c4cccnc4[C@H](C)OC)n5CC)CC(C)(C)COC(=O)[C@@H]4CCCN(N4)C3=O)C(C)C)CC2)C1. The lowest BCUT2D eigenvalue weighted by Gasteiger charge is -2.48. The minimum Gasteiger partial charge on any atom is -0.464 e. The number of likely N-dealkylation sites (N-methyl/N-ethyl adjacent to an activating group) is 1. The molecule has 8 rings (SSSR count). The van der Waals surface area contributed by atoms with Crippen LogP contribution in [0.15, 0.2) is 49.2 Å². The number of carbonyl (C=O) groups excluding carboxylic acids is 5. The van der Waals surface area contributed by atoms with Crippen LogP contribution in [0.2, 0.25) is 0 Å². The van der Waals surface area contributed by atoms with Crippen LogP contribution in [-0.4, -0.2) is 168 Å². The Kier molecular flexibility index (Phi) is 15.7. The average molecular weight is 996 g/mol. The van der Waals surface area contributed by atoms with Crippen LogP contribution in [0.1, 0.15) is 97.9 Å². The number of aromatic nitrogens is 2. The largest absolute Gasteiger partial charge is 0.464 e. The van der Waals surface area contributed by atoms with Crippen molar-refractivity contribution in [2.75, 3.05) is 84.7 Å². The normalized spacial score (nSPS) is 24.6. The van der Waals surface area contributed by atoms with Gasteiger partial charge in [-0.1, -0.05) is 34.3 Å². The summed E-state index contributed by atoms with van der Waals surface area (Å²) in [6, 6.07) is 7.52. The van der Waals surface area contributed by atoms with Crippen molar-refractivity contribution in [3.63, 3.8) is 0 Å². The molecule has 0 radical (unpaired) electrons. The molecule has 0 aliphatic carbocycles. The number of esters is 1. The Morgan fingerprint density at radius 3 is 2.47 bits per heavy atom. The molecule has 392 valence electrons. The number of pyridine rings is 1.